The van der Waals surface area contributed by atoms with Crippen LogP contribution in [0.2, 0.25) is 0 Å². The Morgan fingerprint density at radius 2 is 1.68 bits per heavy atom. The highest BCUT2D eigenvalue weighted by molar-refractivity contribution is 5.78. The molecule has 19 heavy (non-hydrogen) atoms. The Balaban J connectivity index is 2.79. The highest BCUT2D eigenvalue weighted by atomic mass is 15.2. The maximum absolute atomic E-state index is 6.02. The van der Waals surface area contributed by atoms with Gasteiger partial charge in [0.1, 0.15) is 0 Å². The van der Waals surface area contributed by atoms with Crippen molar-refractivity contribution >= 4 is 5.96 Å². The van der Waals surface area contributed by atoms with Gasteiger partial charge in [-0.15, -0.1) is 0 Å². The molecule has 0 aliphatic carbocycles. The molecular formula is C16H27N3. The van der Waals surface area contributed by atoms with Crippen LogP contribution in [0.1, 0.15) is 38.8 Å². The fourth-order valence-corrected chi connectivity index (χ4v) is 2.02. The molecule has 1 rings (SSSR count). The van der Waals surface area contributed by atoms with Crippen molar-refractivity contribution in [1.29, 1.82) is 0 Å². The van der Waals surface area contributed by atoms with E-state index in [2.05, 4.69) is 68.8 Å². The minimum Gasteiger partial charge on any atom is -0.370 e. The highest BCUT2D eigenvalue weighted by Crippen LogP contribution is 2.23. The van der Waals surface area contributed by atoms with E-state index in [1.165, 1.54) is 11.1 Å². The lowest BCUT2D eigenvalue weighted by Gasteiger charge is -2.25. The molecule has 0 aromatic heterocycles. The molecule has 0 amide bonds. The van der Waals surface area contributed by atoms with E-state index in [9.17, 15) is 0 Å². The van der Waals surface area contributed by atoms with Crippen molar-refractivity contribution in [2.24, 2.45) is 10.7 Å². The predicted molar refractivity (Wildman–Crippen MR) is 83.6 cm³/mol. The number of aliphatic imine (C=N–C) groups is 1. The molecule has 3 nitrogen and oxygen atoms in total. The molecule has 0 atom stereocenters. The van der Waals surface area contributed by atoms with Gasteiger partial charge in [0.15, 0.2) is 5.96 Å². The summed E-state index contributed by atoms with van der Waals surface area (Å²) in [7, 11) is 0. The summed E-state index contributed by atoms with van der Waals surface area (Å²) in [5.41, 5.74) is 8.61. The second-order valence-electron chi connectivity index (χ2n) is 5.60. The van der Waals surface area contributed by atoms with Gasteiger partial charge in [0.05, 0.1) is 6.54 Å². The number of hydrogen-bond acceptors (Lipinski definition) is 1. The number of nitrogens with two attached hydrogens (primary N) is 1. The van der Waals surface area contributed by atoms with Crippen LogP contribution in [0, 0.1) is 6.92 Å². The van der Waals surface area contributed by atoms with Gasteiger partial charge in [0, 0.05) is 18.5 Å². The van der Waals surface area contributed by atoms with Crippen LogP contribution < -0.4 is 5.73 Å². The highest BCUT2D eigenvalue weighted by Gasteiger charge is 2.20. The van der Waals surface area contributed by atoms with Gasteiger partial charge in [-0.3, -0.25) is 4.99 Å². The molecule has 0 fully saturated rings. The van der Waals surface area contributed by atoms with Gasteiger partial charge < -0.3 is 10.6 Å². The zero-order valence-corrected chi connectivity index (χ0v) is 12.9. The molecule has 3 heteroatoms. The minimum absolute atomic E-state index is 0.00543. The topological polar surface area (TPSA) is 41.6 Å². The molecule has 1 aromatic carbocycles. The van der Waals surface area contributed by atoms with Gasteiger partial charge in [-0.2, -0.15) is 0 Å². The summed E-state index contributed by atoms with van der Waals surface area (Å²) in [6, 6.07) is 8.65. The summed E-state index contributed by atoms with van der Waals surface area (Å²) >= 11 is 0. The SMILES string of the molecule is CCN(CC)C(N)=NCC(C)(C)c1ccc(C)cc1. The Kier molecular flexibility index (Phi) is 5.40. The number of rotatable bonds is 5. The number of hydrogen-bond donors (Lipinski definition) is 1. The zero-order valence-electron chi connectivity index (χ0n) is 12.9. The Labute approximate surface area is 117 Å². The first-order valence-corrected chi connectivity index (χ1v) is 7.02. The Bertz CT molecular complexity index is 414. The largest absolute Gasteiger partial charge is 0.370 e. The first-order chi connectivity index (χ1) is 8.90. The van der Waals surface area contributed by atoms with E-state index in [1.807, 2.05) is 0 Å². The van der Waals surface area contributed by atoms with Gasteiger partial charge in [-0.05, 0) is 26.3 Å². The fraction of sp³-hybridized carbons (Fsp3) is 0.562. The third-order valence-corrected chi connectivity index (χ3v) is 3.56. The van der Waals surface area contributed by atoms with E-state index < -0.39 is 0 Å². The van der Waals surface area contributed by atoms with E-state index in [0.717, 1.165) is 13.1 Å². The van der Waals surface area contributed by atoms with E-state index in [4.69, 9.17) is 5.73 Å². The van der Waals surface area contributed by atoms with Crippen molar-refractivity contribution in [3.63, 3.8) is 0 Å². The third kappa shape index (κ3) is 4.27. The van der Waals surface area contributed by atoms with Crippen LogP contribution in [0.5, 0.6) is 0 Å². The number of guanidine groups is 1. The minimum atomic E-state index is 0.00543. The predicted octanol–water partition coefficient (Wildman–Crippen LogP) is 2.93. The summed E-state index contributed by atoms with van der Waals surface area (Å²) in [5.74, 6) is 0.644. The van der Waals surface area contributed by atoms with Crippen LogP contribution in [0.15, 0.2) is 29.3 Å². The van der Waals surface area contributed by atoms with E-state index in [1.54, 1.807) is 0 Å². The molecule has 0 bridgehead atoms. The van der Waals surface area contributed by atoms with Crippen LogP contribution in [0.25, 0.3) is 0 Å². The van der Waals surface area contributed by atoms with Crippen molar-refractivity contribution < 1.29 is 0 Å². The lowest BCUT2D eigenvalue weighted by molar-refractivity contribution is 0.451. The second-order valence-corrected chi connectivity index (χ2v) is 5.60. The Hall–Kier alpha value is -1.51. The average molecular weight is 261 g/mol. The van der Waals surface area contributed by atoms with Gasteiger partial charge >= 0.3 is 0 Å². The molecule has 0 aliphatic heterocycles. The summed E-state index contributed by atoms with van der Waals surface area (Å²) in [6.45, 7) is 13.2. The van der Waals surface area contributed by atoms with Crippen LogP contribution in [0.3, 0.4) is 0 Å². The van der Waals surface area contributed by atoms with Gasteiger partial charge in [0.2, 0.25) is 0 Å². The average Bonchev–Trinajstić information content (AvgIpc) is 2.38. The van der Waals surface area contributed by atoms with Crippen molar-refractivity contribution in [2.45, 2.75) is 40.0 Å². The summed E-state index contributed by atoms with van der Waals surface area (Å²) < 4.78 is 0. The van der Waals surface area contributed by atoms with Crippen LogP contribution in [-0.4, -0.2) is 30.5 Å². The smallest absolute Gasteiger partial charge is 0.191 e. The van der Waals surface area contributed by atoms with E-state index >= 15 is 0 Å². The molecule has 0 spiro atoms. The first-order valence-electron chi connectivity index (χ1n) is 7.02. The van der Waals surface area contributed by atoms with Crippen molar-refractivity contribution in [1.82, 2.24) is 4.90 Å². The lowest BCUT2D eigenvalue weighted by atomic mass is 9.84. The molecule has 1 aromatic rings. The van der Waals surface area contributed by atoms with E-state index in [0.29, 0.717) is 12.5 Å². The summed E-state index contributed by atoms with van der Waals surface area (Å²) in [5, 5.41) is 0. The zero-order chi connectivity index (χ0) is 14.5. The maximum Gasteiger partial charge on any atom is 0.191 e. The number of aryl methyl sites for hydroxylation is 1. The molecule has 0 heterocycles. The molecule has 0 aliphatic rings. The molecule has 0 saturated heterocycles. The van der Waals surface area contributed by atoms with Crippen molar-refractivity contribution in [3.8, 4) is 0 Å². The normalized spacial score (nSPS) is 12.6. The summed E-state index contributed by atoms with van der Waals surface area (Å²) in [6.07, 6.45) is 0. The molecule has 106 valence electrons. The quantitative estimate of drug-likeness (QED) is 0.654. The number of nitrogens with zero attached hydrogens (tertiary/aromatic N) is 2. The van der Waals surface area contributed by atoms with Crippen LogP contribution in [0.4, 0.5) is 0 Å². The molecule has 0 radical (unpaired) electrons. The maximum atomic E-state index is 6.02. The third-order valence-electron chi connectivity index (χ3n) is 3.56. The Morgan fingerprint density at radius 3 is 2.16 bits per heavy atom. The number of benzene rings is 1. The lowest BCUT2D eigenvalue weighted by Crippen LogP contribution is -2.38. The second kappa shape index (κ2) is 6.60. The summed E-state index contributed by atoms with van der Waals surface area (Å²) in [4.78, 5) is 6.63. The Morgan fingerprint density at radius 1 is 1.16 bits per heavy atom. The van der Waals surface area contributed by atoms with Gasteiger partial charge in [-0.25, -0.2) is 0 Å². The molecule has 2 N–H and O–H groups in total. The van der Waals surface area contributed by atoms with Crippen molar-refractivity contribution in [2.75, 3.05) is 19.6 Å². The van der Waals surface area contributed by atoms with Crippen LogP contribution in [-0.2, 0) is 5.41 Å². The monoisotopic (exact) mass is 261 g/mol. The fourth-order valence-electron chi connectivity index (χ4n) is 2.02. The first kappa shape index (κ1) is 15.5. The van der Waals surface area contributed by atoms with Gasteiger partial charge in [-0.1, -0.05) is 43.7 Å². The molecule has 0 unspecified atom stereocenters. The van der Waals surface area contributed by atoms with Crippen LogP contribution >= 0.6 is 0 Å². The van der Waals surface area contributed by atoms with Gasteiger partial charge in [0.25, 0.3) is 0 Å². The van der Waals surface area contributed by atoms with Crippen molar-refractivity contribution in [3.05, 3.63) is 35.4 Å². The molecular weight excluding hydrogens is 234 g/mol. The standard InChI is InChI=1S/C16H27N3/c1-6-19(7-2)15(17)18-12-16(4,5)14-10-8-13(3)9-11-14/h8-11H,6-7,12H2,1-5H3,(H2,17,18). The molecule has 0 saturated carbocycles. The van der Waals surface area contributed by atoms with E-state index in [-0.39, 0.29) is 5.41 Å².